The molecule has 1 aromatic heterocycles. The van der Waals surface area contributed by atoms with Crippen molar-refractivity contribution in [2.45, 2.75) is 20.4 Å². The summed E-state index contributed by atoms with van der Waals surface area (Å²) in [7, 11) is 0. The van der Waals surface area contributed by atoms with Crippen LogP contribution in [0.2, 0.25) is 5.02 Å². The van der Waals surface area contributed by atoms with E-state index in [1.165, 1.54) is 11.1 Å². The van der Waals surface area contributed by atoms with Gasteiger partial charge in [0.05, 0.1) is 0 Å². The number of aryl methyl sites for hydroxylation is 2. The van der Waals surface area contributed by atoms with Crippen molar-refractivity contribution in [1.82, 2.24) is 10.1 Å². The van der Waals surface area contributed by atoms with Crippen molar-refractivity contribution in [2.75, 3.05) is 5.32 Å². The summed E-state index contributed by atoms with van der Waals surface area (Å²) in [4.78, 5) is 8.53. The Balaban J connectivity index is 1.65. The number of nitrogens with zero attached hydrogens (tertiary/aromatic N) is 3. The first-order valence-corrected chi connectivity index (χ1v) is 8.12. The third-order valence-electron chi connectivity index (χ3n) is 3.73. The number of rotatable bonds is 4. The first kappa shape index (κ1) is 17.0. The molecule has 6 nitrogen and oxygen atoms in total. The van der Waals surface area contributed by atoms with Crippen LogP contribution in [0, 0.1) is 13.8 Å². The van der Waals surface area contributed by atoms with Crippen LogP contribution in [-0.2, 0) is 6.54 Å². The summed E-state index contributed by atoms with van der Waals surface area (Å²) in [5.74, 6) is 1.16. The number of hydrogen-bond donors (Lipinski definition) is 2. The maximum absolute atomic E-state index is 5.91. The third kappa shape index (κ3) is 4.36. The molecule has 0 amide bonds. The van der Waals surface area contributed by atoms with Gasteiger partial charge in [0.15, 0.2) is 5.96 Å². The number of nitrogens with one attached hydrogen (secondary N) is 1. The fraction of sp³-hybridized carbons (Fsp3) is 0.167. The number of benzene rings is 2. The minimum atomic E-state index is 0.199. The Kier molecular flexibility index (Phi) is 5.00. The number of anilines is 1. The molecule has 0 fully saturated rings. The Morgan fingerprint density at radius 2 is 1.92 bits per heavy atom. The largest absolute Gasteiger partial charge is 0.370 e. The van der Waals surface area contributed by atoms with Gasteiger partial charge in [-0.15, -0.1) is 0 Å². The average molecular weight is 356 g/mol. The van der Waals surface area contributed by atoms with Crippen molar-refractivity contribution in [1.29, 1.82) is 0 Å². The van der Waals surface area contributed by atoms with Gasteiger partial charge in [-0.2, -0.15) is 4.98 Å². The standard InChI is InChI=1S/C18H18ClN5O/c1-11-3-8-15(9-12(11)2)22-18(20)21-10-16-23-17(24-25-16)13-4-6-14(19)7-5-13/h3-9H,10H2,1-2H3,(H3,20,21,22). The first-order valence-electron chi connectivity index (χ1n) is 7.74. The molecule has 0 radical (unpaired) electrons. The van der Waals surface area contributed by atoms with Crippen LogP contribution in [0.3, 0.4) is 0 Å². The maximum atomic E-state index is 5.91. The van der Waals surface area contributed by atoms with Crippen LogP contribution in [0.1, 0.15) is 17.0 Å². The van der Waals surface area contributed by atoms with Crippen molar-refractivity contribution in [3.05, 3.63) is 64.5 Å². The number of aromatic nitrogens is 2. The van der Waals surface area contributed by atoms with Gasteiger partial charge in [-0.25, -0.2) is 4.99 Å². The van der Waals surface area contributed by atoms with Gasteiger partial charge in [0.25, 0.3) is 0 Å². The molecular weight excluding hydrogens is 338 g/mol. The lowest BCUT2D eigenvalue weighted by molar-refractivity contribution is 0.381. The number of halogens is 1. The highest BCUT2D eigenvalue weighted by Gasteiger charge is 2.08. The zero-order valence-electron chi connectivity index (χ0n) is 14.0. The zero-order chi connectivity index (χ0) is 17.8. The maximum Gasteiger partial charge on any atom is 0.248 e. The van der Waals surface area contributed by atoms with Gasteiger partial charge in [-0.1, -0.05) is 22.8 Å². The summed E-state index contributed by atoms with van der Waals surface area (Å²) >= 11 is 5.87. The van der Waals surface area contributed by atoms with Crippen molar-refractivity contribution < 1.29 is 4.52 Å². The van der Waals surface area contributed by atoms with Gasteiger partial charge < -0.3 is 15.6 Å². The minimum absolute atomic E-state index is 0.199. The van der Waals surface area contributed by atoms with E-state index in [-0.39, 0.29) is 12.5 Å². The van der Waals surface area contributed by atoms with Crippen molar-refractivity contribution in [3.63, 3.8) is 0 Å². The van der Waals surface area contributed by atoms with Crippen LogP contribution in [0.15, 0.2) is 52.0 Å². The van der Waals surface area contributed by atoms with Gasteiger partial charge in [-0.05, 0) is 61.4 Å². The second-order valence-electron chi connectivity index (χ2n) is 5.64. The normalized spacial score (nSPS) is 11.6. The summed E-state index contributed by atoms with van der Waals surface area (Å²) < 4.78 is 5.20. The Morgan fingerprint density at radius 3 is 2.64 bits per heavy atom. The molecule has 3 rings (SSSR count). The van der Waals surface area contributed by atoms with Crippen molar-refractivity contribution in [3.8, 4) is 11.4 Å². The molecule has 0 unspecified atom stereocenters. The summed E-state index contributed by atoms with van der Waals surface area (Å²) in [5, 5.41) is 7.64. The van der Waals surface area contributed by atoms with E-state index in [0.717, 1.165) is 11.3 Å². The molecule has 0 spiro atoms. The van der Waals surface area contributed by atoms with Crippen molar-refractivity contribution >= 4 is 23.2 Å². The molecule has 0 atom stereocenters. The van der Waals surface area contributed by atoms with Gasteiger partial charge in [0.2, 0.25) is 11.7 Å². The van der Waals surface area contributed by atoms with Crippen molar-refractivity contribution in [2.24, 2.45) is 10.7 Å². The second kappa shape index (κ2) is 7.36. The molecule has 0 saturated carbocycles. The fourth-order valence-corrected chi connectivity index (χ4v) is 2.32. The number of hydrogen-bond acceptors (Lipinski definition) is 4. The number of nitrogens with two attached hydrogens (primary N) is 1. The third-order valence-corrected chi connectivity index (χ3v) is 3.99. The quantitative estimate of drug-likeness (QED) is 0.546. The van der Waals surface area contributed by atoms with Crippen LogP contribution in [0.5, 0.6) is 0 Å². The Labute approximate surface area is 150 Å². The lowest BCUT2D eigenvalue weighted by Gasteiger charge is -2.07. The Morgan fingerprint density at radius 1 is 1.16 bits per heavy atom. The molecule has 25 heavy (non-hydrogen) atoms. The van der Waals surface area contributed by atoms with Gasteiger partial charge >= 0.3 is 0 Å². The van der Waals surface area contributed by atoms with E-state index in [1.807, 2.05) is 37.3 Å². The van der Waals surface area contributed by atoms with Gasteiger partial charge in [-0.3, -0.25) is 0 Å². The van der Waals surface area contributed by atoms with E-state index < -0.39 is 0 Å². The van der Waals surface area contributed by atoms with E-state index in [4.69, 9.17) is 21.9 Å². The Bertz CT molecular complexity index is 902. The lowest BCUT2D eigenvalue weighted by atomic mass is 10.1. The highest BCUT2D eigenvalue weighted by atomic mass is 35.5. The van der Waals surface area contributed by atoms with Crippen LogP contribution in [-0.4, -0.2) is 16.1 Å². The molecule has 1 heterocycles. The Hall–Kier alpha value is -2.86. The van der Waals surface area contributed by atoms with Gasteiger partial charge in [0, 0.05) is 16.3 Å². The summed E-state index contributed by atoms with van der Waals surface area (Å²) in [5.41, 5.74) is 10.0. The smallest absolute Gasteiger partial charge is 0.248 e. The van der Waals surface area contributed by atoms with Gasteiger partial charge in [0.1, 0.15) is 6.54 Å². The molecule has 7 heteroatoms. The van der Waals surface area contributed by atoms with E-state index in [2.05, 4.69) is 27.4 Å². The summed E-state index contributed by atoms with van der Waals surface area (Å²) in [6, 6.07) is 13.2. The number of aliphatic imine (C=N–C) groups is 1. The predicted octanol–water partition coefficient (Wildman–Crippen LogP) is 3.93. The highest BCUT2D eigenvalue weighted by molar-refractivity contribution is 6.30. The SMILES string of the molecule is Cc1ccc(NC(N)=NCc2nc(-c3ccc(Cl)cc3)no2)cc1C. The highest BCUT2D eigenvalue weighted by Crippen LogP contribution is 2.19. The van der Waals surface area contributed by atoms with E-state index in [9.17, 15) is 0 Å². The fourth-order valence-electron chi connectivity index (χ4n) is 2.19. The minimum Gasteiger partial charge on any atom is -0.370 e. The lowest BCUT2D eigenvalue weighted by Crippen LogP contribution is -2.22. The summed E-state index contributed by atoms with van der Waals surface area (Å²) in [6.07, 6.45) is 0. The zero-order valence-corrected chi connectivity index (χ0v) is 14.7. The molecule has 0 bridgehead atoms. The molecule has 0 aliphatic carbocycles. The van der Waals surface area contributed by atoms with Crippen LogP contribution in [0.25, 0.3) is 11.4 Å². The second-order valence-corrected chi connectivity index (χ2v) is 6.08. The molecule has 128 valence electrons. The van der Waals surface area contributed by atoms with Crippen LogP contribution in [0.4, 0.5) is 5.69 Å². The van der Waals surface area contributed by atoms with Crippen LogP contribution < -0.4 is 11.1 Å². The van der Waals surface area contributed by atoms with E-state index in [0.29, 0.717) is 16.7 Å². The summed E-state index contributed by atoms with van der Waals surface area (Å²) in [6.45, 7) is 4.30. The van der Waals surface area contributed by atoms with Crippen LogP contribution >= 0.6 is 11.6 Å². The average Bonchev–Trinajstić information content (AvgIpc) is 3.06. The topological polar surface area (TPSA) is 89.3 Å². The monoisotopic (exact) mass is 355 g/mol. The molecule has 3 N–H and O–H groups in total. The molecule has 0 aliphatic rings. The molecular formula is C18H18ClN5O. The first-order chi connectivity index (χ1) is 12.0. The van der Waals surface area contributed by atoms with E-state index >= 15 is 0 Å². The molecule has 3 aromatic rings. The number of guanidine groups is 1. The molecule has 2 aromatic carbocycles. The van der Waals surface area contributed by atoms with E-state index in [1.54, 1.807) is 12.1 Å². The predicted molar refractivity (Wildman–Crippen MR) is 99.6 cm³/mol. The molecule has 0 aliphatic heterocycles. The molecule has 0 saturated heterocycles.